The molecule has 0 saturated carbocycles. The molecule has 2 heterocycles. The van der Waals surface area contributed by atoms with Crippen LogP contribution in [-0.4, -0.2) is 8.75 Å². The Bertz CT molecular complexity index is 2740. The highest BCUT2D eigenvalue weighted by atomic mass is 32.1. The summed E-state index contributed by atoms with van der Waals surface area (Å²) in [5.41, 5.74) is 15.6. The van der Waals surface area contributed by atoms with Crippen LogP contribution in [0.5, 0.6) is 0 Å². The van der Waals surface area contributed by atoms with Gasteiger partial charge in [0.15, 0.2) is 0 Å². The summed E-state index contributed by atoms with van der Waals surface area (Å²) in [6.45, 7) is 0. The van der Waals surface area contributed by atoms with Crippen LogP contribution in [0.15, 0.2) is 152 Å². The van der Waals surface area contributed by atoms with Crippen LogP contribution in [0.2, 0.25) is 0 Å². The molecule has 50 heavy (non-hydrogen) atoms. The van der Waals surface area contributed by atoms with Gasteiger partial charge in [-0.25, -0.2) is 0 Å². The quantitative estimate of drug-likeness (QED) is 0.182. The van der Waals surface area contributed by atoms with Gasteiger partial charge in [-0.1, -0.05) is 140 Å². The van der Waals surface area contributed by atoms with Crippen molar-refractivity contribution in [2.24, 2.45) is 0 Å². The summed E-state index contributed by atoms with van der Waals surface area (Å²) in [4.78, 5) is 1.21. The molecule has 7 aromatic carbocycles. The van der Waals surface area contributed by atoms with Gasteiger partial charge >= 0.3 is 0 Å². The van der Waals surface area contributed by atoms with Crippen molar-refractivity contribution in [3.8, 4) is 54.9 Å². The molecule has 0 radical (unpaired) electrons. The zero-order valence-electron chi connectivity index (χ0n) is 27.1. The Morgan fingerprint density at radius 2 is 1.14 bits per heavy atom. The van der Waals surface area contributed by atoms with E-state index in [1.165, 1.54) is 82.0 Å². The monoisotopic (exact) mass is 674 g/mol. The molecule has 0 atom stereocenters. The lowest BCUT2D eigenvalue weighted by molar-refractivity contribution is 0.986. The highest BCUT2D eigenvalue weighted by Gasteiger charge is 2.17. The van der Waals surface area contributed by atoms with Gasteiger partial charge in [0.05, 0.1) is 11.7 Å². The number of allylic oxidation sites excluding steroid dienone is 1. The molecule has 0 saturated heterocycles. The molecule has 0 N–H and O–H groups in total. The van der Waals surface area contributed by atoms with Gasteiger partial charge in [-0.2, -0.15) is 8.75 Å². The number of aryl methyl sites for hydroxylation is 1. The van der Waals surface area contributed by atoms with E-state index in [-0.39, 0.29) is 0 Å². The highest BCUT2D eigenvalue weighted by molar-refractivity contribution is 7.22. The average molecular weight is 675 g/mol. The second-order valence-corrected chi connectivity index (χ2v) is 14.6. The number of benzene rings is 7. The van der Waals surface area contributed by atoms with Crippen LogP contribution in [0, 0.1) is 0 Å². The van der Waals surface area contributed by atoms with E-state index in [9.17, 15) is 0 Å². The average Bonchev–Trinajstić information content (AvgIpc) is 3.85. The fraction of sp³-hybridized carbons (Fsp3) is 0.0435. The number of fused-ring (bicyclic) bond motifs is 4. The first-order valence-electron chi connectivity index (χ1n) is 17.0. The van der Waals surface area contributed by atoms with Crippen molar-refractivity contribution in [2.45, 2.75) is 12.8 Å². The van der Waals surface area contributed by atoms with E-state index in [1.807, 2.05) is 11.3 Å². The Balaban J connectivity index is 0.954. The molecule has 0 aliphatic heterocycles. The predicted octanol–water partition coefficient (Wildman–Crippen LogP) is 13.4. The van der Waals surface area contributed by atoms with Crippen molar-refractivity contribution in [3.05, 3.63) is 163 Å². The zero-order chi connectivity index (χ0) is 33.0. The maximum atomic E-state index is 4.81. The third-order valence-electron chi connectivity index (χ3n) is 10.1. The Kier molecular flexibility index (Phi) is 7.04. The van der Waals surface area contributed by atoms with E-state index < -0.39 is 0 Å². The van der Waals surface area contributed by atoms with Crippen molar-refractivity contribution in [2.75, 3.05) is 0 Å². The van der Waals surface area contributed by atoms with Crippen LogP contribution in [0.1, 0.15) is 17.5 Å². The number of hydrogen-bond acceptors (Lipinski definition) is 4. The van der Waals surface area contributed by atoms with Gasteiger partial charge < -0.3 is 0 Å². The topological polar surface area (TPSA) is 25.8 Å². The van der Waals surface area contributed by atoms with Gasteiger partial charge in [0.25, 0.3) is 0 Å². The molecule has 2 aromatic heterocycles. The highest BCUT2D eigenvalue weighted by Crippen LogP contribution is 2.41. The maximum Gasteiger partial charge on any atom is 0.114 e. The predicted molar refractivity (Wildman–Crippen MR) is 215 cm³/mol. The van der Waals surface area contributed by atoms with Crippen LogP contribution < -0.4 is 0 Å². The van der Waals surface area contributed by atoms with Crippen molar-refractivity contribution in [1.29, 1.82) is 0 Å². The van der Waals surface area contributed by atoms with Crippen molar-refractivity contribution in [1.82, 2.24) is 8.75 Å². The minimum absolute atomic E-state index is 0.957. The summed E-state index contributed by atoms with van der Waals surface area (Å²) in [5.74, 6) is 0. The molecule has 236 valence electrons. The SMILES string of the molecule is C1=Cc2c(cccc2-c2ccc(-c3ccc4sc(-c5ccc(-c6ccc(-c7cccc8ccccc78)cc6)c6nsnc56)cc4c3)cc2)CC1. The summed E-state index contributed by atoms with van der Waals surface area (Å²) in [6.07, 6.45) is 6.83. The molecule has 4 heteroatoms. The zero-order valence-corrected chi connectivity index (χ0v) is 28.8. The molecule has 0 fully saturated rings. The number of rotatable bonds is 5. The van der Waals surface area contributed by atoms with E-state index in [1.54, 1.807) is 0 Å². The molecule has 2 nitrogen and oxygen atoms in total. The summed E-state index contributed by atoms with van der Waals surface area (Å²) < 4.78 is 10.9. The van der Waals surface area contributed by atoms with Gasteiger partial charge in [-0.3, -0.25) is 0 Å². The second kappa shape index (κ2) is 12.0. The lowest BCUT2D eigenvalue weighted by Crippen LogP contribution is -1.96. The lowest BCUT2D eigenvalue weighted by Gasteiger charge is -2.15. The molecule has 1 aliphatic rings. The van der Waals surface area contributed by atoms with Crippen LogP contribution in [-0.2, 0) is 6.42 Å². The molecule has 0 spiro atoms. The molecular weight excluding hydrogens is 645 g/mol. The number of aromatic nitrogens is 2. The van der Waals surface area contributed by atoms with Gasteiger partial charge in [-0.05, 0) is 97.3 Å². The van der Waals surface area contributed by atoms with Crippen LogP contribution in [0.4, 0.5) is 0 Å². The first-order valence-corrected chi connectivity index (χ1v) is 18.6. The Morgan fingerprint density at radius 3 is 2.00 bits per heavy atom. The molecular formula is C46H30N2S2. The fourth-order valence-corrected chi connectivity index (χ4v) is 9.17. The lowest BCUT2D eigenvalue weighted by atomic mass is 9.89. The number of nitrogens with zero attached hydrogens (tertiary/aromatic N) is 2. The van der Waals surface area contributed by atoms with E-state index in [4.69, 9.17) is 8.75 Å². The maximum absolute atomic E-state index is 4.81. The first-order chi connectivity index (χ1) is 24.8. The largest absolute Gasteiger partial charge is 0.172 e. The number of thiophene rings is 1. The summed E-state index contributed by atoms with van der Waals surface area (Å²) in [5, 5.41) is 3.77. The van der Waals surface area contributed by atoms with Gasteiger partial charge in [0.2, 0.25) is 0 Å². The summed E-state index contributed by atoms with van der Waals surface area (Å²) in [6, 6.07) is 53.3. The van der Waals surface area contributed by atoms with Crippen molar-refractivity contribution >= 4 is 61.0 Å². The van der Waals surface area contributed by atoms with Crippen LogP contribution in [0.25, 0.3) is 92.9 Å². The summed E-state index contributed by atoms with van der Waals surface area (Å²) in [7, 11) is 0. The minimum Gasteiger partial charge on any atom is -0.172 e. The molecule has 10 rings (SSSR count). The van der Waals surface area contributed by atoms with Crippen molar-refractivity contribution < 1.29 is 0 Å². The molecule has 0 unspecified atom stereocenters. The standard InChI is InChI=1S/C46H30N2S2/c1-3-11-37-30(7-1)9-5-13-39(37)32-17-15-29(16-18-32)35-23-26-43-36(27-35)28-44(49-43)42-25-24-41(45-46(42)48-50-47-45)34-21-19-33(20-22-34)40-14-6-10-31-8-2-4-12-38(31)40/h2-6,8-28H,1,7H2. The Hall–Kier alpha value is -5.68. The van der Waals surface area contributed by atoms with Gasteiger partial charge in [-0.15, -0.1) is 11.3 Å². The normalized spacial score (nSPS) is 12.6. The second-order valence-electron chi connectivity index (χ2n) is 13.0. The third-order valence-corrected chi connectivity index (χ3v) is 11.8. The summed E-state index contributed by atoms with van der Waals surface area (Å²) >= 11 is 3.10. The fourth-order valence-electron chi connectivity index (χ4n) is 7.52. The molecule has 1 aliphatic carbocycles. The van der Waals surface area contributed by atoms with E-state index in [0.717, 1.165) is 40.6 Å². The van der Waals surface area contributed by atoms with Gasteiger partial charge in [0, 0.05) is 20.7 Å². The minimum atomic E-state index is 0.957. The van der Waals surface area contributed by atoms with Gasteiger partial charge in [0.1, 0.15) is 11.0 Å². The van der Waals surface area contributed by atoms with E-state index >= 15 is 0 Å². The van der Waals surface area contributed by atoms with E-state index in [0.29, 0.717) is 0 Å². The van der Waals surface area contributed by atoms with Crippen LogP contribution >= 0.6 is 23.1 Å². The smallest absolute Gasteiger partial charge is 0.114 e. The molecule has 0 amide bonds. The Labute approximate surface area is 299 Å². The van der Waals surface area contributed by atoms with E-state index in [2.05, 4.69) is 158 Å². The molecule has 9 aromatic rings. The first kappa shape index (κ1) is 29.3. The Morgan fingerprint density at radius 1 is 0.480 bits per heavy atom. The number of hydrogen-bond donors (Lipinski definition) is 0. The van der Waals surface area contributed by atoms with Crippen molar-refractivity contribution in [3.63, 3.8) is 0 Å². The molecule has 0 bridgehead atoms. The third kappa shape index (κ3) is 4.99. The van der Waals surface area contributed by atoms with Crippen LogP contribution in [0.3, 0.4) is 0 Å².